The van der Waals surface area contributed by atoms with Gasteiger partial charge in [-0.05, 0) is 37.5 Å². The third-order valence-corrected chi connectivity index (χ3v) is 4.51. The van der Waals surface area contributed by atoms with Crippen LogP contribution in [0.1, 0.15) is 43.3 Å². The molecule has 1 aromatic heterocycles. The highest BCUT2D eigenvalue weighted by Crippen LogP contribution is 2.34. The van der Waals surface area contributed by atoms with Gasteiger partial charge in [-0.1, -0.05) is 42.5 Å². The first-order chi connectivity index (χ1) is 10.8. The summed E-state index contributed by atoms with van der Waals surface area (Å²) < 4.78 is 8.26. The average Bonchev–Trinajstić information content (AvgIpc) is 3.22. The van der Waals surface area contributed by atoms with Gasteiger partial charge in [-0.25, -0.2) is 4.98 Å². The normalized spacial score (nSPS) is 19.6. The molecule has 1 aliphatic heterocycles. The van der Waals surface area contributed by atoms with Crippen LogP contribution < -0.4 is 0 Å². The van der Waals surface area contributed by atoms with Gasteiger partial charge in [0.25, 0.3) is 0 Å². The minimum atomic E-state index is 0.124. The highest BCUT2D eigenvalue weighted by Gasteiger charge is 2.26. The minimum Gasteiger partial charge on any atom is -0.370 e. The summed E-state index contributed by atoms with van der Waals surface area (Å²) in [5, 5.41) is 0. The molecule has 1 aliphatic rings. The molecule has 0 radical (unpaired) electrons. The fourth-order valence-electron chi connectivity index (χ4n) is 3.36. The van der Waals surface area contributed by atoms with E-state index in [4.69, 9.17) is 9.72 Å². The van der Waals surface area contributed by atoms with Crippen molar-refractivity contribution in [3.8, 4) is 0 Å². The van der Waals surface area contributed by atoms with Crippen molar-refractivity contribution in [2.24, 2.45) is 0 Å². The van der Waals surface area contributed by atoms with E-state index in [1.165, 1.54) is 11.1 Å². The largest absolute Gasteiger partial charge is 0.370 e. The second-order valence-corrected chi connectivity index (χ2v) is 5.92. The van der Waals surface area contributed by atoms with E-state index >= 15 is 0 Å². The number of para-hydroxylation sites is 2. The molecule has 4 rings (SSSR count). The van der Waals surface area contributed by atoms with Gasteiger partial charge in [0.15, 0.2) is 0 Å². The van der Waals surface area contributed by atoms with Gasteiger partial charge in [0.05, 0.1) is 17.1 Å². The van der Waals surface area contributed by atoms with Crippen molar-refractivity contribution >= 4 is 11.0 Å². The molecule has 0 N–H and O–H groups in total. The number of nitrogens with zero attached hydrogens (tertiary/aromatic N) is 2. The van der Waals surface area contributed by atoms with Crippen molar-refractivity contribution < 1.29 is 4.74 Å². The van der Waals surface area contributed by atoms with Crippen LogP contribution in [0, 0.1) is 0 Å². The summed E-state index contributed by atoms with van der Waals surface area (Å²) >= 11 is 0. The van der Waals surface area contributed by atoms with Crippen LogP contribution in [0.3, 0.4) is 0 Å². The second kappa shape index (κ2) is 5.58. The van der Waals surface area contributed by atoms with Gasteiger partial charge < -0.3 is 9.30 Å². The quantitative estimate of drug-likeness (QED) is 0.711. The molecule has 0 saturated carbocycles. The van der Waals surface area contributed by atoms with Crippen LogP contribution in [0.4, 0.5) is 0 Å². The molecule has 3 heteroatoms. The van der Waals surface area contributed by atoms with E-state index in [0.29, 0.717) is 0 Å². The van der Waals surface area contributed by atoms with E-state index in [1.54, 1.807) is 0 Å². The Hall–Kier alpha value is -2.13. The van der Waals surface area contributed by atoms with Crippen molar-refractivity contribution in [1.29, 1.82) is 0 Å². The van der Waals surface area contributed by atoms with Gasteiger partial charge in [0.1, 0.15) is 11.9 Å². The van der Waals surface area contributed by atoms with E-state index < -0.39 is 0 Å². The Bertz CT molecular complexity index is 772. The summed E-state index contributed by atoms with van der Waals surface area (Å²) in [6, 6.07) is 19.2. The Morgan fingerprint density at radius 3 is 2.64 bits per heavy atom. The van der Waals surface area contributed by atoms with Gasteiger partial charge >= 0.3 is 0 Å². The van der Waals surface area contributed by atoms with Crippen molar-refractivity contribution in [2.75, 3.05) is 6.61 Å². The predicted octanol–water partition coefficient (Wildman–Crippen LogP) is 4.50. The van der Waals surface area contributed by atoms with Gasteiger partial charge in [-0.15, -0.1) is 0 Å². The molecule has 1 saturated heterocycles. The summed E-state index contributed by atoms with van der Waals surface area (Å²) in [6.45, 7) is 3.08. The zero-order valence-electron chi connectivity index (χ0n) is 12.8. The minimum absolute atomic E-state index is 0.124. The maximum absolute atomic E-state index is 5.91. The molecule has 0 bridgehead atoms. The van der Waals surface area contributed by atoms with Crippen LogP contribution in [0.5, 0.6) is 0 Å². The highest BCUT2D eigenvalue weighted by atomic mass is 16.5. The van der Waals surface area contributed by atoms with Crippen LogP contribution in [0.15, 0.2) is 54.6 Å². The summed E-state index contributed by atoms with van der Waals surface area (Å²) in [4.78, 5) is 4.88. The van der Waals surface area contributed by atoms with E-state index in [2.05, 4.69) is 60.0 Å². The second-order valence-electron chi connectivity index (χ2n) is 5.92. The molecule has 1 fully saturated rings. The number of benzene rings is 2. The number of hydrogen-bond donors (Lipinski definition) is 0. The molecular formula is C19H20N2O. The maximum Gasteiger partial charge on any atom is 0.139 e. The molecule has 3 nitrogen and oxygen atoms in total. The summed E-state index contributed by atoms with van der Waals surface area (Å²) in [7, 11) is 0. The van der Waals surface area contributed by atoms with E-state index in [1.807, 2.05) is 6.07 Å². The summed E-state index contributed by atoms with van der Waals surface area (Å²) in [6.07, 6.45) is 2.30. The molecule has 3 aromatic rings. The Kier molecular flexibility index (Phi) is 3.43. The fourth-order valence-corrected chi connectivity index (χ4v) is 3.36. The van der Waals surface area contributed by atoms with Crippen LogP contribution in [-0.4, -0.2) is 16.2 Å². The smallest absolute Gasteiger partial charge is 0.139 e. The van der Waals surface area contributed by atoms with Crippen molar-refractivity contribution in [2.45, 2.75) is 31.9 Å². The number of hydrogen-bond acceptors (Lipinski definition) is 2. The lowest BCUT2D eigenvalue weighted by molar-refractivity contribution is 0.102. The molecule has 0 aliphatic carbocycles. The standard InChI is InChI=1S/C19H20N2O/c1-14(15-8-3-2-4-9-15)21-17-11-6-5-10-16(17)20-19(21)18-12-7-13-22-18/h2-6,8-11,14,18H,7,12-13H2,1H3/t14-,18-/m0/s1. The SMILES string of the molecule is C[C@@H](c1ccccc1)n1c([C@@H]2CCCO2)nc2ccccc21. The lowest BCUT2D eigenvalue weighted by atomic mass is 10.1. The van der Waals surface area contributed by atoms with Crippen molar-refractivity contribution in [1.82, 2.24) is 9.55 Å². The average molecular weight is 292 g/mol. The lowest BCUT2D eigenvalue weighted by Crippen LogP contribution is -2.13. The van der Waals surface area contributed by atoms with Crippen LogP contribution in [0.25, 0.3) is 11.0 Å². The number of rotatable bonds is 3. The third kappa shape index (κ3) is 2.22. The zero-order chi connectivity index (χ0) is 14.9. The molecule has 2 aromatic carbocycles. The number of fused-ring (bicyclic) bond motifs is 1. The van der Waals surface area contributed by atoms with E-state index in [9.17, 15) is 0 Å². The molecule has 0 spiro atoms. The number of ether oxygens (including phenoxy) is 1. The fraction of sp³-hybridized carbons (Fsp3) is 0.316. The molecule has 2 heterocycles. The van der Waals surface area contributed by atoms with Crippen LogP contribution >= 0.6 is 0 Å². The zero-order valence-corrected chi connectivity index (χ0v) is 12.8. The first-order valence-electron chi connectivity index (χ1n) is 7.98. The Balaban J connectivity index is 1.88. The number of aromatic nitrogens is 2. The monoisotopic (exact) mass is 292 g/mol. The molecular weight excluding hydrogens is 272 g/mol. The molecule has 0 amide bonds. The maximum atomic E-state index is 5.91. The summed E-state index contributed by atoms with van der Waals surface area (Å²) in [5.74, 6) is 1.06. The topological polar surface area (TPSA) is 27.1 Å². The van der Waals surface area contributed by atoms with Gasteiger partial charge in [0, 0.05) is 6.61 Å². The first-order valence-corrected chi connectivity index (χ1v) is 7.98. The van der Waals surface area contributed by atoms with Gasteiger partial charge in [-0.2, -0.15) is 0 Å². The molecule has 0 unspecified atom stereocenters. The van der Waals surface area contributed by atoms with Crippen LogP contribution in [0.2, 0.25) is 0 Å². The molecule has 22 heavy (non-hydrogen) atoms. The predicted molar refractivity (Wildman–Crippen MR) is 87.9 cm³/mol. The van der Waals surface area contributed by atoms with Gasteiger partial charge in [0.2, 0.25) is 0 Å². The lowest BCUT2D eigenvalue weighted by Gasteiger charge is -2.20. The Labute approximate surface area is 130 Å². The first kappa shape index (κ1) is 13.5. The highest BCUT2D eigenvalue weighted by molar-refractivity contribution is 5.76. The summed E-state index contributed by atoms with van der Waals surface area (Å²) in [5.41, 5.74) is 3.53. The van der Waals surface area contributed by atoms with E-state index in [0.717, 1.165) is 30.8 Å². The number of imidazole rings is 1. The third-order valence-electron chi connectivity index (χ3n) is 4.51. The molecule has 2 atom stereocenters. The molecule has 112 valence electrons. The van der Waals surface area contributed by atoms with Crippen LogP contribution in [-0.2, 0) is 4.74 Å². The van der Waals surface area contributed by atoms with Crippen molar-refractivity contribution in [3.63, 3.8) is 0 Å². The Morgan fingerprint density at radius 2 is 1.86 bits per heavy atom. The Morgan fingerprint density at radius 1 is 1.09 bits per heavy atom. The van der Waals surface area contributed by atoms with Gasteiger partial charge in [-0.3, -0.25) is 0 Å². The van der Waals surface area contributed by atoms with Crippen molar-refractivity contribution in [3.05, 3.63) is 66.0 Å². The van der Waals surface area contributed by atoms with E-state index in [-0.39, 0.29) is 12.1 Å².